The lowest BCUT2D eigenvalue weighted by Crippen LogP contribution is -2.33. The third-order valence-corrected chi connectivity index (χ3v) is 4.48. The van der Waals surface area contributed by atoms with E-state index >= 15 is 0 Å². The fraction of sp³-hybridized carbons (Fsp3) is 0.364. The maximum absolute atomic E-state index is 12.3. The first-order valence-corrected chi connectivity index (χ1v) is 9.15. The number of aryl methyl sites for hydroxylation is 1. The Hall–Kier alpha value is -2.82. The number of para-hydroxylation sites is 1. The largest absolute Gasteiger partial charge is 0.497 e. The standard InChI is InChI=1S/C22H28N2O3/c1-15(2)20-8-6-7-16(3)22(20)24(17(4)25)14-13-21(26)23-18-9-11-19(27-5)12-10-18/h6-12,15H,13-14H2,1-5H3,(H,23,26). The zero-order valence-electron chi connectivity index (χ0n) is 16.7. The summed E-state index contributed by atoms with van der Waals surface area (Å²) in [5, 5.41) is 2.86. The number of carbonyl (C=O) groups is 2. The summed E-state index contributed by atoms with van der Waals surface area (Å²) < 4.78 is 5.11. The molecule has 0 radical (unpaired) electrons. The third-order valence-electron chi connectivity index (χ3n) is 4.48. The molecule has 0 fully saturated rings. The van der Waals surface area contributed by atoms with Crippen LogP contribution in [0.25, 0.3) is 0 Å². The van der Waals surface area contributed by atoms with Gasteiger partial charge in [0.15, 0.2) is 0 Å². The molecule has 0 aromatic heterocycles. The molecule has 2 aromatic rings. The summed E-state index contributed by atoms with van der Waals surface area (Å²) >= 11 is 0. The van der Waals surface area contributed by atoms with Gasteiger partial charge in [0.2, 0.25) is 11.8 Å². The van der Waals surface area contributed by atoms with E-state index in [9.17, 15) is 9.59 Å². The summed E-state index contributed by atoms with van der Waals surface area (Å²) in [5.41, 5.74) is 3.76. The van der Waals surface area contributed by atoms with Crippen molar-refractivity contribution in [3.8, 4) is 5.75 Å². The van der Waals surface area contributed by atoms with Crippen LogP contribution < -0.4 is 15.0 Å². The Morgan fingerprint density at radius 3 is 2.33 bits per heavy atom. The molecule has 5 nitrogen and oxygen atoms in total. The fourth-order valence-electron chi connectivity index (χ4n) is 3.05. The van der Waals surface area contributed by atoms with Gasteiger partial charge in [-0.2, -0.15) is 0 Å². The normalized spacial score (nSPS) is 10.6. The van der Waals surface area contributed by atoms with Gasteiger partial charge < -0.3 is 15.0 Å². The maximum Gasteiger partial charge on any atom is 0.226 e. The van der Waals surface area contributed by atoms with Crippen molar-refractivity contribution in [2.24, 2.45) is 0 Å². The van der Waals surface area contributed by atoms with Gasteiger partial charge in [-0.3, -0.25) is 9.59 Å². The van der Waals surface area contributed by atoms with E-state index in [0.29, 0.717) is 12.2 Å². The van der Waals surface area contributed by atoms with Crippen LogP contribution in [0, 0.1) is 6.92 Å². The Morgan fingerprint density at radius 2 is 1.78 bits per heavy atom. The number of nitrogens with zero attached hydrogens (tertiary/aromatic N) is 1. The third kappa shape index (κ3) is 5.33. The Morgan fingerprint density at radius 1 is 1.11 bits per heavy atom. The van der Waals surface area contributed by atoms with Crippen molar-refractivity contribution in [3.05, 3.63) is 53.6 Å². The minimum absolute atomic E-state index is 0.0663. The first-order valence-electron chi connectivity index (χ1n) is 9.15. The molecule has 5 heteroatoms. The van der Waals surface area contributed by atoms with Gasteiger partial charge in [-0.05, 0) is 48.2 Å². The number of carbonyl (C=O) groups excluding carboxylic acids is 2. The Labute approximate surface area is 161 Å². The molecule has 0 heterocycles. The van der Waals surface area contributed by atoms with Gasteiger partial charge in [0.1, 0.15) is 5.75 Å². The monoisotopic (exact) mass is 368 g/mol. The predicted octanol–water partition coefficient (Wildman–Crippen LogP) is 4.51. The minimum Gasteiger partial charge on any atom is -0.497 e. The van der Waals surface area contributed by atoms with E-state index in [1.165, 1.54) is 6.92 Å². The summed E-state index contributed by atoms with van der Waals surface area (Å²) in [5.74, 6) is 0.820. The highest BCUT2D eigenvalue weighted by Gasteiger charge is 2.20. The van der Waals surface area contributed by atoms with Gasteiger partial charge in [-0.25, -0.2) is 0 Å². The zero-order chi connectivity index (χ0) is 20.0. The molecule has 144 valence electrons. The summed E-state index contributed by atoms with van der Waals surface area (Å²) in [6, 6.07) is 13.2. The Kier molecular flexibility index (Phi) is 6.99. The topological polar surface area (TPSA) is 58.6 Å². The molecule has 0 aliphatic heterocycles. The number of rotatable bonds is 7. The molecule has 0 saturated carbocycles. The van der Waals surface area contributed by atoms with Crippen molar-refractivity contribution < 1.29 is 14.3 Å². The maximum atomic E-state index is 12.3. The lowest BCUT2D eigenvalue weighted by molar-refractivity contribution is -0.117. The van der Waals surface area contributed by atoms with E-state index in [0.717, 1.165) is 22.6 Å². The van der Waals surface area contributed by atoms with E-state index in [4.69, 9.17) is 4.74 Å². The molecule has 2 rings (SSSR count). The quantitative estimate of drug-likeness (QED) is 0.782. The van der Waals surface area contributed by atoms with Crippen molar-refractivity contribution in [1.82, 2.24) is 0 Å². The second kappa shape index (κ2) is 9.21. The van der Waals surface area contributed by atoms with Crippen LogP contribution in [-0.2, 0) is 9.59 Å². The van der Waals surface area contributed by atoms with Crippen LogP contribution in [0.2, 0.25) is 0 Å². The highest BCUT2D eigenvalue weighted by atomic mass is 16.5. The summed E-state index contributed by atoms with van der Waals surface area (Å²) in [6.45, 7) is 8.08. The average Bonchev–Trinajstić information content (AvgIpc) is 2.63. The average molecular weight is 368 g/mol. The second-order valence-electron chi connectivity index (χ2n) is 6.86. The van der Waals surface area contributed by atoms with E-state index in [-0.39, 0.29) is 24.2 Å². The van der Waals surface area contributed by atoms with Gasteiger partial charge in [0.05, 0.1) is 7.11 Å². The molecule has 0 saturated heterocycles. The molecule has 27 heavy (non-hydrogen) atoms. The number of methoxy groups -OCH3 is 1. The molecule has 0 spiro atoms. The first-order chi connectivity index (χ1) is 12.8. The van der Waals surface area contributed by atoms with Crippen molar-refractivity contribution in [2.75, 3.05) is 23.9 Å². The lowest BCUT2D eigenvalue weighted by Gasteiger charge is -2.27. The second-order valence-corrected chi connectivity index (χ2v) is 6.86. The Bertz CT molecular complexity index is 798. The van der Waals surface area contributed by atoms with Gasteiger partial charge in [0.25, 0.3) is 0 Å². The fourth-order valence-corrected chi connectivity index (χ4v) is 3.05. The molecule has 0 bridgehead atoms. The van der Waals surface area contributed by atoms with Gasteiger partial charge in [-0.1, -0.05) is 32.0 Å². The summed E-state index contributed by atoms with van der Waals surface area (Å²) in [4.78, 5) is 26.3. The molecule has 0 atom stereocenters. The Balaban J connectivity index is 2.11. The molecule has 0 unspecified atom stereocenters. The van der Waals surface area contributed by atoms with Crippen molar-refractivity contribution in [2.45, 2.75) is 40.0 Å². The van der Waals surface area contributed by atoms with Gasteiger partial charge in [0, 0.05) is 31.3 Å². The molecule has 2 aromatic carbocycles. The lowest BCUT2D eigenvalue weighted by atomic mass is 9.97. The molecule has 0 aliphatic carbocycles. The SMILES string of the molecule is COc1ccc(NC(=O)CCN(C(C)=O)c2c(C)cccc2C(C)C)cc1. The van der Waals surface area contributed by atoms with Crippen molar-refractivity contribution in [1.29, 1.82) is 0 Å². The van der Waals surface area contributed by atoms with Crippen molar-refractivity contribution >= 4 is 23.2 Å². The summed E-state index contributed by atoms with van der Waals surface area (Å²) in [6.07, 6.45) is 0.220. The number of anilines is 2. The molecule has 0 aliphatic rings. The van der Waals surface area contributed by atoms with Gasteiger partial charge >= 0.3 is 0 Å². The van der Waals surface area contributed by atoms with Crippen LogP contribution in [0.15, 0.2) is 42.5 Å². The number of amides is 2. The van der Waals surface area contributed by atoms with Crippen molar-refractivity contribution in [3.63, 3.8) is 0 Å². The number of hydrogen-bond acceptors (Lipinski definition) is 3. The van der Waals surface area contributed by atoms with Gasteiger partial charge in [-0.15, -0.1) is 0 Å². The van der Waals surface area contributed by atoms with E-state index in [1.54, 1.807) is 36.3 Å². The van der Waals surface area contributed by atoms with Crippen LogP contribution in [0.3, 0.4) is 0 Å². The smallest absolute Gasteiger partial charge is 0.226 e. The number of benzene rings is 2. The molecular formula is C22H28N2O3. The highest BCUT2D eigenvalue weighted by Crippen LogP contribution is 2.31. The van der Waals surface area contributed by atoms with Crippen LogP contribution in [0.1, 0.15) is 44.2 Å². The van der Waals surface area contributed by atoms with Crippen LogP contribution in [0.4, 0.5) is 11.4 Å². The number of ether oxygens (including phenoxy) is 1. The number of nitrogens with one attached hydrogen (secondary N) is 1. The molecule has 1 N–H and O–H groups in total. The van der Waals surface area contributed by atoms with E-state index in [2.05, 4.69) is 19.2 Å². The summed E-state index contributed by atoms with van der Waals surface area (Å²) in [7, 11) is 1.60. The molecular weight excluding hydrogens is 340 g/mol. The van der Waals surface area contributed by atoms with E-state index in [1.807, 2.05) is 25.1 Å². The number of hydrogen-bond donors (Lipinski definition) is 1. The predicted molar refractivity (Wildman–Crippen MR) is 110 cm³/mol. The molecule has 2 amide bonds. The van der Waals surface area contributed by atoms with Crippen LogP contribution in [0.5, 0.6) is 5.75 Å². The van der Waals surface area contributed by atoms with E-state index < -0.39 is 0 Å². The highest BCUT2D eigenvalue weighted by molar-refractivity contribution is 5.96. The first kappa shape index (κ1) is 20.5. The zero-order valence-corrected chi connectivity index (χ0v) is 16.7. The minimum atomic E-state index is -0.133. The van der Waals surface area contributed by atoms with Crippen LogP contribution >= 0.6 is 0 Å². The van der Waals surface area contributed by atoms with Crippen LogP contribution in [-0.4, -0.2) is 25.5 Å².